The summed E-state index contributed by atoms with van der Waals surface area (Å²) < 4.78 is 4.59. The maximum absolute atomic E-state index is 11.5. The second-order valence-corrected chi connectivity index (χ2v) is 3.95. The highest BCUT2D eigenvalue weighted by Crippen LogP contribution is 2.09. The fourth-order valence-corrected chi connectivity index (χ4v) is 1.52. The molecule has 0 fully saturated rings. The third-order valence-corrected chi connectivity index (χ3v) is 2.53. The predicted octanol–water partition coefficient (Wildman–Crippen LogP) is 2.30. The van der Waals surface area contributed by atoms with Crippen LogP contribution in [0.4, 0.5) is 0 Å². The molecular formula is C12H11ClN2O2. The van der Waals surface area contributed by atoms with Crippen molar-refractivity contribution in [2.24, 2.45) is 0 Å². The van der Waals surface area contributed by atoms with E-state index in [-0.39, 0.29) is 5.91 Å². The van der Waals surface area contributed by atoms with Gasteiger partial charge >= 0.3 is 0 Å². The molecule has 1 heterocycles. The van der Waals surface area contributed by atoms with Gasteiger partial charge in [-0.2, -0.15) is 0 Å². The highest BCUT2D eigenvalue weighted by molar-refractivity contribution is 6.30. The predicted molar refractivity (Wildman–Crippen MR) is 64.0 cm³/mol. The normalized spacial score (nSPS) is 10.2. The Morgan fingerprint density at radius 1 is 1.29 bits per heavy atom. The quantitative estimate of drug-likeness (QED) is 0.906. The summed E-state index contributed by atoms with van der Waals surface area (Å²) in [7, 11) is 0. The summed E-state index contributed by atoms with van der Waals surface area (Å²) in [5, 5.41) is 7.01. The number of carbonyl (C=O) groups excluding carboxylic acids is 1. The number of benzene rings is 1. The molecule has 1 N–H and O–H groups in total. The minimum absolute atomic E-state index is 0.229. The Kier molecular flexibility index (Phi) is 3.77. The third-order valence-electron chi connectivity index (χ3n) is 2.28. The van der Waals surface area contributed by atoms with Crippen LogP contribution >= 0.6 is 11.6 Å². The van der Waals surface area contributed by atoms with Crippen LogP contribution in [0.5, 0.6) is 0 Å². The number of halogens is 1. The molecule has 0 aliphatic carbocycles. The summed E-state index contributed by atoms with van der Waals surface area (Å²) in [6.45, 7) is 0.549. The molecule has 0 radical (unpaired) electrons. The van der Waals surface area contributed by atoms with E-state index in [2.05, 4.69) is 15.0 Å². The van der Waals surface area contributed by atoms with Gasteiger partial charge in [0.25, 0.3) is 5.91 Å². The van der Waals surface area contributed by atoms with Gasteiger partial charge in [0.05, 0.1) is 0 Å². The summed E-state index contributed by atoms with van der Waals surface area (Å²) in [5.41, 5.74) is 1.41. The lowest BCUT2D eigenvalue weighted by atomic mass is 10.1. The molecule has 0 unspecified atom stereocenters. The third kappa shape index (κ3) is 3.32. The molecule has 0 spiro atoms. The fraction of sp³-hybridized carbons (Fsp3) is 0.167. The Hall–Kier alpha value is -1.81. The number of carbonyl (C=O) groups is 1. The molecule has 0 saturated carbocycles. The molecule has 5 heteroatoms. The fourth-order valence-electron chi connectivity index (χ4n) is 1.39. The zero-order valence-electron chi connectivity index (χ0n) is 9.02. The van der Waals surface area contributed by atoms with Gasteiger partial charge in [0, 0.05) is 17.6 Å². The van der Waals surface area contributed by atoms with E-state index in [0.29, 0.717) is 17.3 Å². The standard InChI is InChI=1S/C12H11ClN2O2/c13-10-3-1-9(2-4-10)5-7-14-12(16)11-6-8-17-15-11/h1-4,6,8H,5,7H2,(H,14,16). The average molecular weight is 251 g/mol. The van der Waals surface area contributed by atoms with Crippen molar-refractivity contribution >= 4 is 17.5 Å². The van der Waals surface area contributed by atoms with Gasteiger partial charge in [-0.3, -0.25) is 4.79 Å². The topological polar surface area (TPSA) is 55.1 Å². The summed E-state index contributed by atoms with van der Waals surface area (Å²) in [5.74, 6) is -0.229. The van der Waals surface area contributed by atoms with E-state index in [1.54, 1.807) is 0 Å². The summed E-state index contributed by atoms with van der Waals surface area (Å²) in [4.78, 5) is 11.5. The molecule has 0 bridgehead atoms. The highest BCUT2D eigenvalue weighted by Gasteiger charge is 2.07. The van der Waals surface area contributed by atoms with E-state index in [4.69, 9.17) is 11.6 Å². The number of aromatic nitrogens is 1. The van der Waals surface area contributed by atoms with Crippen molar-refractivity contribution in [1.29, 1.82) is 0 Å². The van der Waals surface area contributed by atoms with Crippen LogP contribution in [0, 0.1) is 0 Å². The molecule has 0 aliphatic heterocycles. The van der Waals surface area contributed by atoms with Gasteiger partial charge < -0.3 is 9.84 Å². The molecule has 2 aromatic rings. The minimum atomic E-state index is -0.229. The number of rotatable bonds is 4. The van der Waals surface area contributed by atoms with Crippen LogP contribution in [0.3, 0.4) is 0 Å². The van der Waals surface area contributed by atoms with Gasteiger partial charge in [-0.1, -0.05) is 28.9 Å². The summed E-state index contributed by atoms with van der Waals surface area (Å²) in [6.07, 6.45) is 2.12. The number of amides is 1. The molecule has 1 amide bonds. The van der Waals surface area contributed by atoms with Gasteiger partial charge in [0.15, 0.2) is 5.69 Å². The van der Waals surface area contributed by atoms with Crippen molar-refractivity contribution in [3.05, 3.63) is 52.9 Å². The molecule has 17 heavy (non-hydrogen) atoms. The van der Waals surface area contributed by atoms with Gasteiger partial charge in [0.1, 0.15) is 6.26 Å². The Morgan fingerprint density at radius 2 is 2.06 bits per heavy atom. The minimum Gasteiger partial charge on any atom is -0.364 e. The lowest BCUT2D eigenvalue weighted by Gasteiger charge is -2.03. The van der Waals surface area contributed by atoms with Crippen molar-refractivity contribution < 1.29 is 9.32 Å². The van der Waals surface area contributed by atoms with E-state index >= 15 is 0 Å². The van der Waals surface area contributed by atoms with Crippen LogP contribution in [-0.4, -0.2) is 17.6 Å². The second kappa shape index (κ2) is 5.50. The van der Waals surface area contributed by atoms with Crippen LogP contribution in [-0.2, 0) is 6.42 Å². The summed E-state index contributed by atoms with van der Waals surface area (Å²) >= 11 is 5.78. The summed E-state index contributed by atoms with van der Waals surface area (Å²) in [6, 6.07) is 9.06. The molecule has 1 aromatic carbocycles. The van der Waals surface area contributed by atoms with Crippen molar-refractivity contribution in [2.75, 3.05) is 6.54 Å². The van der Waals surface area contributed by atoms with Crippen molar-refractivity contribution in [3.63, 3.8) is 0 Å². The zero-order valence-corrected chi connectivity index (χ0v) is 9.78. The highest BCUT2D eigenvalue weighted by atomic mass is 35.5. The van der Waals surface area contributed by atoms with Gasteiger partial charge in [-0.15, -0.1) is 0 Å². The maximum Gasteiger partial charge on any atom is 0.273 e. The molecule has 0 aliphatic rings. The lowest BCUT2D eigenvalue weighted by molar-refractivity contribution is 0.0945. The molecular weight excluding hydrogens is 240 g/mol. The SMILES string of the molecule is O=C(NCCc1ccc(Cl)cc1)c1ccon1. The monoisotopic (exact) mass is 250 g/mol. The Balaban J connectivity index is 1.80. The second-order valence-electron chi connectivity index (χ2n) is 3.52. The van der Waals surface area contributed by atoms with Crippen molar-refractivity contribution in [3.8, 4) is 0 Å². The molecule has 4 nitrogen and oxygen atoms in total. The van der Waals surface area contributed by atoms with Gasteiger partial charge in [-0.05, 0) is 24.1 Å². The zero-order chi connectivity index (χ0) is 12.1. The number of hydrogen-bond donors (Lipinski definition) is 1. The maximum atomic E-state index is 11.5. The first-order valence-corrected chi connectivity index (χ1v) is 5.56. The Morgan fingerprint density at radius 3 is 2.71 bits per heavy atom. The van der Waals surface area contributed by atoms with Crippen LogP contribution in [0.25, 0.3) is 0 Å². The number of nitrogens with one attached hydrogen (secondary N) is 1. The molecule has 0 saturated heterocycles. The van der Waals surface area contributed by atoms with Crippen LogP contribution < -0.4 is 5.32 Å². The smallest absolute Gasteiger partial charge is 0.273 e. The Labute approximate surface area is 104 Å². The van der Waals surface area contributed by atoms with Crippen molar-refractivity contribution in [2.45, 2.75) is 6.42 Å². The largest absolute Gasteiger partial charge is 0.364 e. The Bertz CT molecular complexity index is 480. The number of nitrogens with zero attached hydrogens (tertiary/aromatic N) is 1. The van der Waals surface area contributed by atoms with Gasteiger partial charge in [0.2, 0.25) is 0 Å². The van der Waals surface area contributed by atoms with E-state index in [1.165, 1.54) is 12.3 Å². The van der Waals surface area contributed by atoms with E-state index in [1.807, 2.05) is 24.3 Å². The molecule has 88 valence electrons. The van der Waals surface area contributed by atoms with Gasteiger partial charge in [-0.25, -0.2) is 0 Å². The van der Waals surface area contributed by atoms with Crippen LogP contribution in [0.15, 0.2) is 41.1 Å². The molecule has 2 rings (SSSR count). The first-order chi connectivity index (χ1) is 8.25. The van der Waals surface area contributed by atoms with E-state index in [0.717, 1.165) is 12.0 Å². The molecule has 0 atom stereocenters. The average Bonchev–Trinajstić information content (AvgIpc) is 2.85. The first kappa shape index (κ1) is 11.7. The molecule has 1 aromatic heterocycles. The lowest BCUT2D eigenvalue weighted by Crippen LogP contribution is -2.25. The van der Waals surface area contributed by atoms with Crippen molar-refractivity contribution in [1.82, 2.24) is 10.5 Å². The van der Waals surface area contributed by atoms with E-state index in [9.17, 15) is 4.79 Å². The first-order valence-electron chi connectivity index (χ1n) is 5.19. The number of hydrogen-bond acceptors (Lipinski definition) is 3. The van der Waals surface area contributed by atoms with Crippen LogP contribution in [0.2, 0.25) is 5.02 Å². The van der Waals surface area contributed by atoms with Crippen LogP contribution in [0.1, 0.15) is 16.1 Å². The van der Waals surface area contributed by atoms with E-state index < -0.39 is 0 Å².